The minimum Gasteiger partial charge on any atom is -0.357 e. The van der Waals surface area contributed by atoms with Gasteiger partial charge in [-0.3, -0.25) is 9.10 Å². The van der Waals surface area contributed by atoms with Crippen LogP contribution in [0.1, 0.15) is 24.0 Å². The summed E-state index contributed by atoms with van der Waals surface area (Å²) in [4.78, 5) is 19.5. The molecule has 1 aliphatic rings. The average molecular weight is 579 g/mol. The van der Waals surface area contributed by atoms with Gasteiger partial charge in [0, 0.05) is 37.3 Å². The molecule has 0 radical (unpaired) electrons. The fourth-order valence-electron chi connectivity index (χ4n) is 4.10. The molecule has 4 rings (SSSR count). The Morgan fingerprint density at radius 2 is 1.69 bits per heavy atom. The maximum Gasteiger partial charge on any atom is 0.416 e. The number of halogens is 4. The molecule has 0 unspecified atom stereocenters. The molecule has 39 heavy (non-hydrogen) atoms. The largest absolute Gasteiger partial charge is 0.416 e. The number of rotatable bonds is 8. The number of sulfonamides is 1. The molecule has 0 saturated carbocycles. The molecule has 0 aliphatic carbocycles. The predicted octanol–water partition coefficient (Wildman–Crippen LogP) is 5.47. The zero-order chi connectivity index (χ0) is 28.4. The first-order valence-corrected chi connectivity index (χ1v) is 13.8. The minimum absolute atomic E-state index is 0.0175. The number of amides is 1. The normalized spacial score (nSPS) is 13.8. The lowest BCUT2D eigenvalue weighted by molar-refractivity contribution is -0.137. The zero-order valence-electron chi connectivity index (χ0n) is 21.0. The number of likely N-dealkylation sites (N-methyl/N-ethyl adjacent to an activating group) is 1. The van der Waals surface area contributed by atoms with E-state index in [4.69, 9.17) is 11.6 Å². The van der Waals surface area contributed by atoms with Crippen LogP contribution in [0.4, 0.5) is 19.0 Å². The highest BCUT2D eigenvalue weighted by molar-refractivity contribution is 7.89. The van der Waals surface area contributed by atoms with Crippen LogP contribution in [0.15, 0.2) is 77.8 Å². The third-order valence-electron chi connectivity index (χ3n) is 6.38. The molecule has 0 bridgehead atoms. The molecule has 0 atom stereocenters. The van der Waals surface area contributed by atoms with Crippen molar-refractivity contribution in [2.24, 2.45) is 0 Å². The van der Waals surface area contributed by atoms with Crippen LogP contribution < -0.4 is 10.2 Å². The van der Waals surface area contributed by atoms with Crippen LogP contribution in [0.3, 0.4) is 0 Å². The first kappa shape index (κ1) is 28.4. The highest BCUT2D eigenvalue weighted by atomic mass is 35.5. The molecule has 3 aromatic rings. The summed E-state index contributed by atoms with van der Waals surface area (Å²) < 4.78 is 65.7. The van der Waals surface area contributed by atoms with E-state index in [0.29, 0.717) is 27.7 Å². The lowest BCUT2D eigenvalue weighted by Crippen LogP contribution is -2.35. The van der Waals surface area contributed by atoms with Gasteiger partial charge in [-0.2, -0.15) is 13.2 Å². The Morgan fingerprint density at radius 1 is 1.08 bits per heavy atom. The number of nitrogens with one attached hydrogen (secondary N) is 1. The van der Waals surface area contributed by atoms with Gasteiger partial charge in [0.15, 0.2) is 0 Å². The summed E-state index contributed by atoms with van der Waals surface area (Å²) in [6.07, 6.45) is -2.46. The summed E-state index contributed by atoms with van der Waals surface area (Å²) in [5, 5.41) is 3.05. The maximum atomic E-state index is 13.0. The summed E-state index contributed by atoms with van der Waals surface area (Å²) in [5.41, 5.74) is 0.548. The summed E-state index contributed by atoms with van der Waals surface area (Å²) >= 11 is 5.84. The van der Waals surface area contributed by atoms with E-state index in [9.17, 15) is 26.4 Å². The topological polar surface area (TPSA) is 82.6 Å². The van der Waals surface area contributed by atoms with Gasteiger partial charge in [0.1, 0.15) is 11.5 Å². The number of carbonyl (C=O) groups excluding carboxylic acids is 1. The molecule has 12 heteroatoms. The third kappa shape index (κ3) is 6.54. The van der Waals surface area contributed by atoms with Crippen molar-refractivity contribution in [1.82, 2.24) is 14.6 Å². The Balaban J connectivity index is 1.53. The van der Waals surface area contributed by atoms with Crippen molar-refractivity contribution in [3.8, 4) is 11.3 Å². The van der Waals surface area contributed by atoms with Crippen molar-refractivity contribution in [2.45, 2.75) is 30.5 Å². The van der Waals surface area contributed by atoms with E-state index in [2.05, 4.69) is 21.8 Å². The van der Waals surface area contributed by atoms with Crippen LogP contribution in [0.2, 0.25) is 5.02 Å². The van der Waals surface area contributed by atoms with E-state index in [0.717, 1.165) is 42.4 Å². The van der Waals surface area contributed by atoms with Gasteiger partial charge >= 0.3 is 6.18 Å². The van der Waals surface area contributed by atoms with Crippen LogP contribution in [0.5, 0.6) is 0 Å². The Morgan fingerprint density at radius 3 is 2.28 bits per heavy atom. The molecule has 1 aliphatic heterocycles. The number of alkyl halides is 3. The Labute approximate surface area is 230 Å². The van der Waals surface area contributed by atoms with Crippen molar-refractivity contribution in [1.29, 1.82) is 0 Å². The molecule has 1 saturated heterocycles. The molecule has 1 aromatic heterocycles. The standard InChI is InChI=1S/C27H26ClF3N4O3S/c1-18(34(2)39(37,38)23-11-9-22(28)10-12-23)26(36)32-17-19-15-24(33-25(16-19)35-13-3-4-14-35)20-5-7-21(8-6-20)27(29,30)31/h5-12,15-16H,1,3-4,13-14,17H2,2H3,(H,32,36). The Bertz CT molecular complexity index is 1470. The molecule has 1 N–H and O–H groups in total. The molecular weight excluding hydrogens is 553 g/mol. The molecule has 1 amide bonds. The number of pyridine rings is 1. The van der Waals surface area contributed by atoms with Crippen LogP contribution in [-0.2, 0) is 27.5 Å². The smallest absolute Gasteiger partial charge is 0.357 e. The summed E-state index contributed by atoms with van der Waals surface area (Å²) in [7, 11) is -2.81. The van der Waals surface area contributed by atoms with Gasteiger partial charge in [-0.15, -0.1) is 0 Å². The van der Waals surface area contributed by atoms with Crippen LogP contribution in [0.25, 0.3) is 11.3 Å². The number of hydrogen-bond donors (Lipinski definition) is 1. The van der Waals surface area contributed by atoms with E-state index >= 15 is 0 Å². The first-order valence-electron chi connectivity index (χ1n) is 12.0. The van der Waals surface area contributed by atoms with Crippen molar-refractivity contribution >= 4 is 33.3 Å². The van der Waals surface area contributed by atoms with Gasteiger partial charge in [-0.1, -0.05) is 30.3 Å². The average Bonchev–Trinajstić information content (AvgIpc) is 3.46. The Hall–Kier alpha value is -3.57. The predicted molar refractivity (Wildman–Crippen MR) is 144 cm³/mol. The number of nitrogens with zero attached hydrogens (tertiary/aromatic N) is 3. The number of benzene rings is 2. The highest BCUT2D eigenvalue weighted by Crippen LogP contribution is 2.32. The zero-order valence-corrected chi connectivity index (χ0v) is 22.6. The van der Waals surface area contributed by atoms with Crippen molar-refractivity contribution in [3.05, 3.63) is 89.1 Å². The molecule has 7 nitrogen and oxygen atoms in total. The number of carbonyl (C=O) groups is 1. The second kappa shape index (κ2) is 11.3. The first-order chi connectivity index (χ1) is 18.4. The van der Waals surface area contributed by atoms with E-state index < -0.39 is 27.7 Å². The quantitative estimate of drug-likeness (QED) is 0.358. The highest BCUT2D eigenvalue weighted by Gasteiger charge is 2.30. The second-order valence-electron chi connectivity index (χ2n) is 9.04. The summed E-state index contributed by atoms with van der Waals surface area (Å²) in [6.45, 7) is 5.25. The van der Waals surface area contributed by atoms with Crippen LogP contribution in [0, 0.1) is 0 Å². The van der Waals surface area contributed by atoms with Gasteiger partial charge in [-0.25, -0.2) is 13.4 Å². The molecule has 1 fully saturated rings. The van der Waals surface area contributed by atoms with Crippen LogP contribution >= 0.6 is 11.6 Å². The van der Waals surface area contributed by atoms with Crippen molar-refractivity contribution in [2.75, 3.05) is 25.0 Å². The Kier molecular flexibility index (Phi) is 8.22. The lowest BCUT2D eigenvalue weighted by Gasteiger charge is -2.22. The number of anilines is 1. The van der Waals surface area contributed by atoms with Crippen molar-refractivity contribution in [3.63, 3.8) is 0 Å². The molecular formula is C27H26ClF3N4O3S. The molecule has 2 aromatic carbocycles. The molecule has 2 heterocycles. The monoisotopic (exact) mass is 578 g/mol. The van der Waals surface area contributed by atoms with Gasteiger partial charge in [0.2, 0.25) is 0 Å². The minimum atomic E-state index is -4.45. The maximum absolute atomic E-state index is 13.0. The lowest BCUT2D eigenvalue weighted by atomic mass is 10.1. The van der Waals surface area contributed by atoms with E-state index in [1.54, 1.807) is 12.1 Å². The molecule has 206 valence electrons. The van der Waals surface area contributed by atoms with Gasteiger partial charge in [-0.05, 0) is 66.9 Å². The fraction of sp³-hybridized carbons (Fsp3) is 0.259. The van der Waals surface area contributed by atoms with E-state index in [-0.39, 0.29) is 17.1 Å². The second-order valence-corrected chi connectivity index (χ2v) is 11.4. The third-order valence-corrected chi connectivity index (χ3v) is 8.44. The number of hydrogen-bond acceptors (Lipinski definition) is 5. The number of aromatic nitrogens is 1. The summed E-state index contributed by atoms with van der Waals surface area (Å²) in [5.74, 6) is -0.0546. The SMILES string of the molecule is C=C(C(=O)NCc1cc(-c2ccc(C(F)(F)F)cc2)nc(N2CCCC2)c1)N(C)S(=O)(=O)c1ccc(Cl)cc1. The van der Waals surface area contributed by atoms with E-state index in [1.807, 2.05) is 0 Å². The van der Waals surface area contributed by atoms with Crippen molar-refractivity contribution < 1.29 is 26.4 Å². The van der Waals surface area contributed by atoms with Gasteiger partial charge in [0.25, 0.3) is 15.9 Å². The van der Waals surface area contributed by atoms with Gasteiger partial charge in [0.05, 0.1) is 16.2 Å². The van der Waals surface area contributed by atoms with Crippen LogP contribution in [-0.4, -0.2) is 43.8 Å². The fourth-order valence-corrected chi connectivity index (χ4v) is 5.39. The summed E-state index contributed by atoms with van der Waals surface area (Å²) in [6, 6.07) is 13.7. The van der Waals surface area contributed by atoms with E-state index in [1.165, 1.54) is 43.4 Å². The molecule has 0 spiro atoms. The van der Waals surface area contributed by atoms with Gasteiger partial charge < -0.3 is 10.2 Å².